The molecule has 0 atom stereocenters. The van der Waals surface area contributed by atoms with Crippen LogP contribution in [-0.2, 0) is 4.79 Å². The van der Waals surface area contributed by atoms with E-state index >= 15 is 0 Å². The van der Waals surface area contributed by atoms with Crippen LogP contribution in [0, 0.1) is 0 Å². The fourth-order valence-corrected chi connectivity index (χ4v) is 2.60. The molecule has 2 aliphatic rings. The number of aliphatic hydroxyl groups is 1. The van der Waals surface area contributed by atoms with E-state index in [4.69, 9.17) is 5.11 Å². The van der Waals surface area contributed by atoms with Gasteiger partial charge in [0, 0.05) is 13.2 Å². The maximum absolute atomic E-state index is 12.2. The number of hydrogen-bond donors (Lipinski definition) is 2. The molecule has 1 heterocycles. The first-order chi connectivity index (χ1) is 7.69. The Balaban J connectivity index is 2.08. The molecule has 0 aromatic heterocycles. The van der Waals surface area contributed by atoms with Gasteiger partial charge in [-0.05, 0) is 19.3 Å². The molecule has 5 heteroatoms. The van der Waals surface area contributed by atoms with E-state index in [0.717, 1.165) is 32.1 Å². The molecule has 1 spiro atoms. The van der Waals surface area contributed by atoms with Crippen LogP contribution in [0.3, 0.4) is 0 Å². The van der Waals surface area contributed by atoms with E-state index in [1.54, 1.807) is 0 Å². The van der Waals surface area contributed by atoms with Gasteiger partial charge in [-0.3, -0.25) is 9.69 Å². The van der Waals surface area contributed by atoms with E-state index in [1.807, 2.05) is 0 Å². The Labute approximate surface area is 94.8 Å². The number of aliphatic hydroxyl groups excluding tert-OH is 1. The van der Waals surface area contributed by atoms with Crippen molar-refractivity contribution in [3.63, 3.8) is 0 Å². The van der Waals surface area contributed by atoms with Crippen LogP contribution in [0.2, 0.25) is 0 Å². The van der Waals surface area contributed by atoms with E-state index in [0.29, 0.717) is 13.0 Å². The highest BCUT2D eigenvalue weighted by Crippen LogP contribution is 2.33. The molecule has 3 amide bonds. The van der Waals surface area contributed by atoms with Crippen molar-refractivity contribution < 1.29 is 14.7 Å². The molecular weight excluding hydrogens is 208 g/mol. The van der Waals surface area contributed by atoms with Crippen LogP contribution in [0.25, 0.3) is 0 Å². The van der Waals surface area contributed by atoms with Gasteiger partial charge < -0.3 is 10.4 Å². The summed E-state index contributed by atoms with van der Waals surface area (Å²) in [6.07, 6.45) is 5.11. The van der Waals surface area contributed by atoms with Gasteiger partial charge in [0.05, 0.1) is 0 Å². The fourth-order valence-electron chi connectivity index (χ4n) is 2.60. The number of nitrogens with zero attached hydrogens (tertiary/aromatic N) is 1. The van der Waals surface area contributed by atoms with E-state index in [9.17, 15) is 9.59 Å². The summed E-state index contributed by atoms with van der Waals surface area (Å²) in [5, 5.41) is 11.6. The number of nitrogens with one attached hydrogen (secondary N) is 1. The lowest BCUT2D eigenvalue weighted by molar-refractivity contribution is -0.132. The van der Waals surface area contributed by atoms with Gasteiger partial charge in [0.25, 0.3) is 5.91 Å². The van der Waals surface area contributed by atoms with E-state index < -0.39 is 5.54 Å². The van der Waals surface area contributed by atoms with Gasteiger partial charge in [-0.25, -0.2) is 4.79 Å². The van der Waals surface area contributed by atoms with Crippen LogP contribution < -0.4 is 5.32 Å². The molecule has 2 rings (SSSR count). The van der Waals surface area contributed by atoms with E-state index in [-0.39, 0.29) is 18.5 Å². The maximum atomic E-state index is 12.2. The summed E-state index contributed by atoms with van der Waals surface area (Å²) in [7, 11) is 0. The van der Waals surface area contributed by atoms with Crippen LogP contribution >= 0.6 is 0 Å². The lowest BCUT2D eigenvalue weighted by Crippen LogP contribution is -2.48. The third-order valence-corrected chi connectivity index (χ3v) is 3.49. The average molecular weight is 226 g/mol. The number of urea groups is 1. The number of imide groups is 1. The molecule has 1 aliphatic heterocycles. The molecule has 0 bridgehead atoms. The summed E-state index contributed by atoms with van der Waals surface area (Å²) in [6, 6.07) is -0.291. The minimum atomic E-state index is -0.620. The fraction of sp³-hybridized carbons (Fsp3) is 0.818. The molecular formula is C11H18N2O3. The highest BCUT2D eigenvalue weighted by atomic mass is 16.3. The number of rotatable bonds is 3. The maximum Gasteiger partial charge on any atom is 0.325 e. The molecule has 1 saturated heterocycles. The summed E-state index contributed by atoms with van der Waals surface area (Å²) in [6.45, 7) is 0.326. The SMILES string of the molecule is O=C1NC2(CCCCC2)C(=O)N1CCCO. The van der Waals surface area contributed by atoms with Crippen molar-refractivity contribution in [1.82, 2.24) is 10.2 Å². The summed E-state index contributed by atoms with van der Waals surface area (Å²) in [4.78, 5) is 25.1. The van der Waals surface area contributed by atoms with Gasteiger partial charge in [0.1, 0.15) is 5.54 Å². The zero-order valence-corrected chi connectivity index (χ0v) is 9.37. The van der Waals surface area contributed by atoms with Crippen molar-refractivity contribution >= 4 is 11.9 Å². The summed E-state index contributed by atoms with van der Waals surface area (Å²) < 4.78 is 0. The predicted octanol–water partition coefficient (Wildman–Crippen LogP) is 0.623. The van der Waals surface area contributed by atoms with Crippen LogP contribution in [-0.4, -0.2) is 40.6 Å². The molecule has 2 N–H and O–H groups in total. The summed E-state index contributed by atoms with van der Waals surface area (Å²) >= 11 is 0. The number of amides is 3. The van der Waals surface area contributed by atoms with Crippen molar-refractivity contribution in [2.75, 3.05) is 13.2 Å². The zero-order chi connectivity index (χ0) is 11.6. The second-order valence-electron chi connectivity index (χ2n) is 4.61. The number of hydrogen-bond acceptors (Lipinski definition) is 3. The van der Waals surface area contributed by atoms with Crippen LogP contribution in [0.4, 0.5) is 4.79 Å². The first-order valence-electron chi connectivity index (χ1n) is 5.95. The Morgan fingerprint density at radius 3 is 2.56 bits per heavy atom. The van der Waals surface area contributed by atoms with Gasteiger partial charge in [0.2, 0.25) is 0 Å². The lowest BCUT2D eigenvalue weighted by atomic mass is 9.82. The zero-order valence-electron chi connectivity index (χ0n) is 9.37. The molecule has 0 aromatic rings. The van der Waals surface area contributed by atoms with Gasteiger partial charge in [-0.2, -0.15) is 0 Å². The third kappa shape index (κ3) is 1.80. The average Bonchev–Trinajstić information content (AvgIpc) is 2.50. The molecule has 0 radical (unpaired) electrons. The Hall–Kier alpha value is -1.10. The van der Waals surface area contributed by atoms with E-state index in [2.05, 4.69) is 5.32 Å². The monoisotopic (exact) mass is 226 g/mol. The molecule has 5 nitrogen and oxygen atoms in total. The second kappa shape index (κ2) is 4.41. The summed E-state index contributed by atoms with van der Waals surface area (Å²) in [5.74, 6) is -0.0920. The number of carbonyl (C=O) groups is 2. The van der Waals surface area contributed by atoms with Gasteiger partial charge in [0.15, 0.2) is 0 Å². The van der Waals surface area contributed by atoms with Crippen molar-refractivity contribution in [3.05, 3.63) is 0 Å². The highest BCUT2D eigenvalue weighted by Gasteiger charge is 2.50. The van der Waals surface area contributed by atoms with Gasteiger partial charge in [-0.15, -0.1) is 0 Å². The summed E-state index contributed by atoms with van der Waals surface area (Å²) in [5.41, 5.74) is -0.620. The van der Waals surface area contributed by atoms with Crippen LogP contribution in [0.5, 0.6) is 0 Å². The first kappa shape index (κ1) is 11.4. The minimum absolute atomic E-state index is 0.00403. The minimum Gasteiger partial charge on any atom is -0.396 e. The standard InChI is InChI=1S/C11H18N2O3/c14-8-4-7-13-9(15)11(12-10(13)16)5-2-1-3-6-11/h14H,1-8H2,(H,12,16). The molecule has 16 heavy (non-hydrogen) atoms. The van der Waals surface area contributed by atoms with Crippen molar-refractivity contribution in [2.24, 2.45) is 0 Å². The molecule has 90 valence electrons. The molecule has 1 aliphatic carbocycles. The largest absolute Gasteiger partial charge is 0.396 e. The van der Waals surface area contributed by atoms with Crippen LogP contribution in [0.1, 0.15) is 38.5 Å². The molecule has 0 aromatic carbocycles. The van der Waals surface area contributed by atoms with Crippen molar-refractivity contribution in [1.29, 1.82) is 0 Å². The number of carbonyl (C=O) groups excluding carboxylic acids is 2. The molecule has 2 fully saturated rings. The molecule has 0 unspecified atom stereocenters. The Morgan fingerprint density at radius 2 is 1.94 bits per heavy atom. The Morgan fingerprint density at radius 1 is 1.25 bits per heavy atom. The highest BCUT2D eigenvalue weighted by molar-refractivity contribution is 6.07. The topological polar surface area (TPSA) is 69.6 Å². The second-order valence-corrected chi connectivity index (χ2v) is 4.61. The smallest absolute Gasteiger partial charge is 0.325 e. The lowest BCUT2D eigenvalue weighted by Gasteiger charge is -2.30. The quantitative estimate of drug-likeness (QED) is 0.693. The molecule has 1 saturated carbocycles. The van der Waals surface area contributed by atoms with Crippen molar-refractivity contribution in [3.8, 4) is 0 Å². The van der Waals surface area contributed by atoms with Crippen molar-refractivity contribution in [2.45, 2.75) is 44.1 Å². The predicted molar refractivity (Wildman–Crippen MR) is 57.8 cm³/mol. The van der Waals surface area contributed by atoms with Gasteiger partial charge in [-0.1, -0.05) is 19.3 Å². The van der Waals surface area contributed by atoms with E-state index in [1.165, 1.54) is 4.90 Å². The normalized spacial score (nSPS) is 23.9. The third-order valence-electron chi connectivity index (χ3n) is 3.49. The Bertz CT molecular complexity index is 298. The van der Waals surface area contributed by atoms with Crippen LogP contribution in [0.15, 0.2) is 0 Å². The Kier molecular flexibility index (Phi) is 3.14. The first-order valence-corrected chi connectivity index (χ1v) is 5.95. The van der Waals surface area contributed by atoms with Gasteiger partial charge >= 0.3 is 6.03 Å².